The maximum Gasteiger partial charge on any atom is 0.233 e. The highest BCUT2D eigenvalue weighted by Crippen LogP contribution is 2.49. The van der Waals surface area contributed by atoms with Crippen LogP contribution in [0.25, 0.3) is 0 Å². The van der Waals surface area contributed by atoms with Crippen molar-refractivity contribution in [2.45, 2.75) is 24.7 Å². The van der Waals surface area contributed by atoms with Gasteiger partial charge in [0.15, 0.2) is 0 Å². The van der Waals surface area contributed by atoms with Crippen molar-refractivity contribution in [2.75, 3.05) is 39.3 Å². The number of benzene rings is 1. The molecule has 0 atom stereocenters. The Morgan fingerprint density at radius 1 is 1.10 bits per heavy atom. The van der Waals surface area contributed by atoms with Gasteiger partial charge in [0.1, 0.15) is 0 Å². The Balaban J connectivity index is 1.68. The normalized spacial score (nSPS) is 21.9. The SMILES string of the molecule is O=C(N1CCCN(CCO)CC1)C1(c2ccccc2)CC1. The lowest BCUT2D eigenvalue weighted by Gasteiger charge is -2.26. The Morgan fingerprint density at radius 3 is 2.52 bits per heavy atom. The van der Waals surface area contributed by atoms with Gasteiger partial charge in [0.2, 0.25) is 5.91 Å². The molecule has 1 N–H and O–H groups in total. The zero-order valence-electron chi connectivity index (χ0n) is 12.5. The van der Waals surface area contributed by atoms with Gasteiger partial charge in [-0.15, -0.1) is 0 Å². The largest absolute Gasteiger partial charge is 0.395 e. The van der Waals surface area contributed by atoms with Crippen LogP contribution < -0.4 is 0 Å². The minimum Gasteiger partial charge on any atom is -0.395 e. The molecule has 1 amide bonds. The molecule has 1 heterocycles. The molecule has 0 bridgehead atoms. The number of β-amino-alcohol motifs (C(OH)–C–C–N with tert-alkyl or cyclic N) is 1. The summed E-state index contributed by atoms with van der Waals surface area (Å²) >= 11 is 0. The molecule has 1 aliphatic carbocycles. The lowest BCUT2D eigenvalue weighted by molar-refractivity contribution is -0.133. The number of aliphatic hydroxyl groups excluding tert-OH is 1. The van der Waals surface area contributed by atoms with Gasteiger partial charge in [0.25, 0.3) is 0 Å². The highest BCUT2D eigenvalue weighted by Gasteiger charge is 2.52. The molecular formula is C17H24N2O2. The molecule has 2 aliphatic rings. The Kier molecular flexibility index (Phi) is 4.27. The summed E-state index contributed by atoms with van der Waals surface area (Å²) in [5, 5.41) is 9.05. The van der Waals surface area contributed by atoms with Gasteiger partial charge in [-0.2, -0.15) is 0 Å². The highest BCUT2D eigenvalue weighted by molar-refractivity contribution is 5.91. The topological polar surface area (TPSA) is 43.8 Å². The van der Waals surface area contributed by atoms with E-state index in [1.807, 2.05) is 23.1 Å². The second kappa shape index (κ2) is 6.16. The standard InChI is InChI=1S/C17H24N2O2/c20-14-13-18-9-4-10-19(12-11-18)16(21)17(7-8-17)15-5-2-1-3-6-15/h1-3,5-6,20H,4,7-14H2. The molecule has 1 aromatic rings. The molecule has 0 radical (unpaired) electrons. The molecule has 3 rings (SSSR count). The van der Waals surface area contributed by atoms with E-state index in [1.165, 1.54) is 5.56 Å². The minimum absolute atomic E-state index is 0.196. The number of amides is 1. The van der Waals surface area contributed by atoms with Gasteiger partial charge in [-0.1, -0.05) is 30.3 Å². The Bertz CT molecular complexity index is 485. The van der Waals surface area contributed by atoms with Gasteiger partial charge < -0.3 is 10.0 Å². The van der Waals surface area contributed by atoms with E-state index in [-0.39, 0.29) is 12.0 Å². The van der Waals surface area contributed by atoms with Crippen molar-refractivity contribution in [3.05, 3.63) is 35.9 Å². The summed E-state index contributed by atoms with van der Waals surface area (Å²) in [6.45, 7) is 4.39. The molecule has 4 heteroatoms. The molecule has 1 aromatic carbocycles. The summed E-state index contributed by atoms with van der Waals surface area (Å²) in [7, 11) is 0. The monoisotopic (exact) mass is 288 g/mol. The van der Waals surface area contributed by atoms with Crippen LogP contribution in [0.4, 0.5) is 0 Å². The molecule has 114 valence electrons. The van der Waals surface area contributed by atoms with Crippen molar-refractivity contribution in [1.29, 1.82) is 0 Å². The fourth-order valence-corrected chi connectivity index (χ4v) is 3.35. The van der Waals surface area contributed by atoms with Crippen LogP contribution in [0.15, 0.2) is 30.3 Å². The van der Waals surface area contributed by atoms with Crippen molar-refractivity contribution < 1.29 is 9.90 Å². The zero-order valence-corrected chi connectivity index (χ0v) is 12.5. The van der Waals surface area contributed by atoms with E-state index in [9.17, 15) is 4.79 Å². The Labute approximate surface area is 126 Å². The van der Waals surface area contributed by atoms with Gasteiger partial charge >= 0.3 is 0 Å². The van der Waals surface area contributed by atoms with Crippen molar-refractivity contribution in [1.82, 2.24) is 9.80 Å². The summed E-state index contributed by atoms with van der Waals surface area (Å²) in [6.07, 6.45) is 2.95. The lowest BCUT2D eigenvalue weighted by atomic mass is 9.94. The predicted molar refractivity (Wildman–Crippen MR) is 82.1 cm³/mol. The maximum atomic E-state index is 13.0. The lowest BCUT2D eigenvalue weighted by Crippen LogP contribution is -2.41. The number of aliphatic hydroxyl groups is 1. The fraction of sp³-hybridized carbons (Fsp3) is 0.588. The van der Waals surface area contributed by atoms with Crippen LogP contribution in [-0.4, -0.2) is 60.1 Å². The number of hydrogen-bond acceptors (Lipinski definition) is 3. The van der Waals surface area contributed by atoms with Crippen LogP contribution in [0.1, 0.15) is 24.8 Å². The number of nitrogens with zero attached hydrogens (tertiary/aromatic N) is 2. The second-order valence-corrected chi connectivity index (χ2v) is 6.16. The molecule has 0 spiro atoms. The maximum absolute atomic E-state index is 13.0. The van der Waals surface area contributed by atoms with Crippen molar-refractivity contribution in [3.8, 4) is 0 Å². The number of carbonyl (C=O) groups excluding carboxylic acids is 1. The average molecular weight is 288 g/mol. The van der Waals surface area contributed by atoms with Gasteiger partial charge in [-0.25, -0.2) is 0 Å². The first-order valence-corrected chi connectivity index (χ1v) is 7.94. The summed E-state index contributed by atoms with van der Waals surface area (Å²) in [5.41, 5.74) is 0.930. The molecule has 4 nitrogen and oxygen atoms in total. The van der Waals surface area contributed by atoms with Gasteiger partial charge in [0, 0.05) is 26.2 Å². The quantitative estimate of drug-likeness (QED) is 0.907. The van der Waals surface area contributed by atoms with Gasteiger partial charge in [-0.05, 0) is 31.4 Å². The van der Waals surface area contributed by atoms with Crippen LogP contribution in [0.5, 0.6) is 0 Å². The van der Waals surface area contributed by atoms with Crippen molar-refractivity contribution in [3.63, 3.8) is 0 Å². The average Bonchev–Trinajstić information content (AvgIpc) is 3.33. The third kappa shape index (κ3) is 2.97. The van der Waals surface area contributed by atoms with Crippen molar-refractivity contribution in [2.24, 2.45) is 0 Å². The Morgan fingerprint density at radius 2 is 1.86 bits per heavy atom. The van der Waals surface area contributed by atoms with Crippen LogP contribution in [0, 0.1) is 0 Å². The predicted octanol–water partition coefficient (Wildman–Crippen LogP) is 1.24. The first-order chi connectivity index (χ1) is 10.3. The number of hydrogen-bond donors (Lipinski definition) is 1. The van der Waals surface area contributed by atoms with E-state index >= 15 is 0 Å². The van der Waals surface area contributed by atoms with Crippen LogP contribution >= 0.6 is 0 Å². The smallest absolute Gasteiger partial charge is 0.233 e. The molecule has 1 aliphatic heterocycles. The van der Waals surface area contributed by atoms with Gasteiger partial charge in [0.05, 0.1) is 12.0 Å². The summed E-state index contributed by atoms with van der Waals surface area (Å²) in [4.78, 5) is 17.2. The molecular weight excluding hydrogens is 264 g/mol. The van der Waals surface area contributed by atoms with Crippen LogP contribution in [0.2, 0.25) is 0 Å². The first kappa shape index (κ1) is 14.5. The molecule has 0 unspecified atom stereocenters. The summed E-state index contributed by atoms with van der Waals surface area (Å²) in [6, 6.07) is 10.2. The third-order valence-corrected chi connectivity index (χ3v) is 4.78. The van der Waals surface area contributed by atoms with E-state index in [0.717, 1.165) is 45.4 Å². The summed E-state index contributed by atoms with van der Waals surface area (Å²) in [5.74, 6) is 0.305. The van der Waals surface area contributed by atoms with Crippen LogP contribution in [0.3, 0.4) is 0 Å². The van der Waals surface area contributed by atoms with E-state index in [0.29, 0.717) is 12.5 Å². The molecule has 21 heavy (non-hydrogen) atoms. The minimum atomic E-state index is -0.243. The molecule has 1 saturated carbocycles. The van der Waals surface area contributed by atoms with E-state index in [4.69, 9.17) is 5.11 Å². The number of rotatable bonds is 4. The third-order valence-electron chi connectivity index (χ3n) is 4.78. The molecule has 0 aromatic heterocycles. The number of carbonyl (C=O) groups is 1. The summed E-state index contributed by atoms with van der Waals surface area (Å²) < 4.78 is 0. The molecule has 2 fully saturated rings. The fourth-order valence-electron chi connectivity index (χ4n) is 3.35. The first-order valence-electron chi connectivity index (χ1n) is 7.94. The highest BCUT2D eigenvalue weighted by atomic mass is 16.3. The Hall–Kier alpha value is -1.39. The van der Waals surface area contributed by atoms with E-state index in [2.05, 4.69) is 17.0 Å². The molecule has 1 saturated heterocycles. The second-order valence-electron chi connectivity index (χ2n) is 6.16. The van der Waals surface area contributed by atoms with Gasteiger partial charge in [-0.3, -0.25) is 9.69 Å². The zero-order chi connectivity index (χ0) is 14.7. The van der Waals surface area contributed by atoms with Crippen LogP contribution in [-0.2, 0) is 10.2 Å². The van der Waals surface area contributed by atoms with E-state index < -0.39 is 0 Å². The van der Waals surface area contributed by atoms with Crippen molar-refractivity contribution >= 4 is 5.91 Å². The van der Waals surface area contributed by atoms with E-state index in [1.54, 1.807) is 0 Å².